The van der Waals surface area contributed by atoms with Crippen molar-refractivity contribution in [2.24, 2.45) is 0 Å². The quantitative estimate of drug-likeness (QED) is 0.135. The average molecular weight is 1830 g/mol. The Bertz CT molecular complexity index is 8090. The topological polar surface area (TPSA) is 19.7 Å². The van der Waals surface area contributed by atoms with E-state index in [1.807, 2.05) is 0 Å². The molecule has 0 saturated carbocycles. The van der Waals surface area contributed by atoms with Gasteiger partial charge in [0.15, 0.2) is 0 Å². The highest BCUT2D eigenvalue weighted by molar-refractivity contribution is 6.25. The second-order valence-electron chi connectivity index (χ2n) is 49.0. The van der Waals surface area contributed by atoms with Crippen LogP contribution in [0, 0.1) is 27.7 Å². The Hall–Kier alpha value is -13.8. The lowest BCUT2D eigenvalue weighted by Crippen LogP contribution is -2.10. The average Bonchev–Trinajstić information content (AvgIpc) is 1.22. The summed E-state index contributed by atoms with van der Waals surface area (Å²) in [6.07, 6.45) is 0. The van der Waals surface area contributed by atoms with Crippen molar-refractivity contribution in [2.75, 3.05) is 0 Å². The fourth-order valence-electron chi connectivity index (χ4n) is 22.4. The van der Waals surface area contributed by atoms with Crippen LogP contribution in [0.15, 0.2) is 315 Å². The van der Waals surface area contributed by atoms with Crippen LogP contribution in [0.5, 0.6) is 0 Å². The van der Waals surface area contributed by atoms with Gasteiger partial charge in [0.25, 0.3) is 0 Å². The molecule has 700 valence electrons. The van der Waals surface area contributed by atoms with Crippen molar-refractivity contribution in [3.8, 4) is 67.3 Å². The van der Waals surface area contributed by atoms with E-state index in [1.54, 1.807) is 0 Å². The van der Waals surface area contributed by atoms with Crippen molar-refractivity contribution in [1.82, 2.24) is 18.3 Å². The van der Waals surface area contributed by atoms with Crippen LogP contribution in [0.1, 0.15) is 233 Å². The highest BCUT2D eigenvalue weighted by atomic mass is 15.0. The molecule has 0 radical (unpaired) electrons. The summed E-state index contributed by atoms with van der Waals surface area (Å²) in [6.45, 7) is 64.6. The van der Waals surface area contributed by atoms with E-state index in [2.05, 4.69) is 528 Å². The van der Waals surface area contributed by atoms with Crippen molar-refractivity contribution < 1.29 is 0 Å². The van der Waals surface area contributed by atoms with Gasteiger partial charge in [0.05, 0.1) is 44.1 Å². The molecular weight excluding hydrogens is 1690 g/mol. The zero-order valence-electron chi connectivity index (χ0n) is 87.8. The van der Waals surface area contributed by atoms with Gasteiger partial charge in [-0.15, -0.1) is 0 Å². The van der Waals surface area contributed by atoms with Gasteiger partial charge in [0.2, 0.25) is 0 Å². The third-order valence-corrected chi connectivity index (χ3v) is 30.6. The minimum absolute atomic E-state index is 0.0235. The van der Waals surface area contributed by atoms with E-state index in [0.29, 0.717) is 0 Å². The fraction of sp³-hybridized carbons (Fsp3) is 0.265. The van der Waals surface area contributed by atoms with Gasteiger partial charge in [-0.2, -0.15) is 0 Å². The van der Waals surface area contributed by atoms with Gasteiger partial charge in [-0.25, -0.2) is 0 Å². The maximum Gasteiger partial charge on any atom is 0.0541 e. The Balaban J connectivity index is 0.000000166. The van der Waals surface area contributed by atoms with E-state index in [1.165, 1.54) is 242 Å². The van der Waals surface area contributed by atoms with Gasteiger partial charge >= 0.3 is 0 Å². The Labute approximate surface area is 829 Å². The van der Waals surface area contributed by atoms with E-state index in [-0.39, 0.29) is 43.3 Å². The lowest BCUT2D eigenvalue weighted by atomic mass is 9.83. The van der Waals surface area contributed by atoms with Crippen LogP contribution in [0.2, 0.25) is 0 Å². The van der Waals surface area contributed by atoms with Gasteiger partial charge in [-0.3, -0.25) is 0 Å². The van der Waals surface area contributed by atoms with Gasteiger partial charge in [0.1, 0.15) is 0 Å². The van der Waals surface area contributed by atoms with E-state index >= 15 is 0 Å². The Morgan fingerprint density at radius 3 is 0.536 bits per heavy atom. The minimum Gasteiger partial charge on any atom is -0.309 e. The molecular formula is C136H136N4. The number of benzene rings is 18. The van der Waals surface area contributed by atoms with Crippen LogP contribution in [-0.2, 0) is 43.3 Å². The van der Waals surface area contributed by atoms with Gasteiger partial charge < -0.3 is 18.3 Å². The molecule has 0 spiro atoms. The summed E-state index contributed by atoms with van der Waals surface area (Å²) in [5.74, 6) is 0. The first-order chi connectivity index (χ1) is 66.1. The summed E-state index contributed by atoms with van der Waals surface area (Å²) in [7, 11) is 0. The largest absolute Gasteiger partial charge is 0.309 e. The summed E-state index contributed by atoms with van der Waals surface area (Å²) < 4.78 is 10.1. The third kappa shape index (κ3) is 15.9. The predicted molar refractivity (Wildman–Crippen MR) is 611 cm³/mol. The number of rotatable bonds is 8. The Morgan fingerprint density at radius 2 is 0.343 bits per heavy atom. The van der Waals surface area contributed by atoms with E-state index < -0.39 is 0 Å². The number of nitrogens with zero attached hydrogens (tertiary/aromatic N) is 4. The molecule has 0 N–H and O–H groups in total. The van der Waals surface area contributed by atoms with Crippen molar-refractivity contribution in [3.05, 3.63) is 382 Å². The molecule has 22 aromatic rings. The maximum absolute atomic E-state index is 2.52. The summed E-state index contributed by atoms with van der Waals surface area (Å²) in [6, 6.07) is 123. The van der Waals surface area contributed by atoms with Crippen molar-refractivity contribution in [2.45, 2.75) is 237 Å². The number of aromatic nitrogens is 4. The molecule has 0 aliphatic rings. The Kier molecular flexibility index (Phi) is 21.8. The molecule has 0 aliphatic heterocycles. The summed E-state index contributed by atoms with van der Waals surface area (Å²) in [5.41, 5.74) is 40.5. The Morgan fingerprint density at radius 1 is 0.150 bits per heavy atom. The molecule has 0 amide bonds. The molecule has 0 atom stereocenters. The molecule has 18 aromatic carbocycles. The number of hydrogen-bond acceptors (Lipinski definition) is 0. The summed E-state index contributed by atoms with van der Waals surface area (Å²) in [4.78, 5) is 0. The molecule has 0 saturated heterocycles. The number of aryl methyl sites for hydroxylation is 4. The highest BCUT2D eigenvalue weighted by Gasteiger charge is 2.32. The second-order valence-corrected chi connectivity index (χ2v) is 49.0. The SMILES string of the molecule is Cc1cccc(-c2c3ccc(-n4c5ccc(C(C)(C)C)cc5c5cc(C(C)(C)C)ccc54)cc3c(-c3cccc(C)c3)c3ccc(-n4c5ccc(C(C)(C)C)cc5c5cc(C(C)(C)C)ccc54)cc23)c1.Cc1ccccc1-c1c2ccc(-n3c4ccc(C(C)(C)C)cc4c4cc(C(C)(C)C)ccc43)cc2c(-c2ccccc2C)c2ccc(-n3c4ccc(C(C)(C)C)cc4c4cc(C(C)(C)C)ccc43)cc12. The van der Waals surface area contributed by atoms with Crippen molar-refractivity contribution in [1.29, 1.82) is 0 Å². The number of hydrogen-bond donors (Lipinski definition) is 0. The second kappa shape index (κ2) is 32.9. The lowest BCUT2D eigenvalue weighted by molar-refractivity contribution is 0.590. The van der Waals surface area contributed by atoms with Crippen LogP contribution in [0.4, 0.5) is 0 Å². The van der Waals surface area contributed by atoms with Crippen LogP contribution in [0.25, 0.3) is 198 Å². The fourth-order valence-corrected chi connectivity index (χ4v) is 22.4. The monoisotopic (exact) mass is 1830 g/mol. The standard InChI is InChI=1S/2C68H68N2/c1-41-17-15-19-43(33-41)63-51-27-25-50(70-61-31-23-47(67(9,10)11)37-55(61)56-38-48(68(12,13)14)24-32-62(56)70)40-58(51)64(44-20-16-18-42(2)34-44)52-28-26-49(39-57(52)63)69-59-29-21-45(65(3,4)5)35-53(59)54-36-46(66(6,7)8)22-30-60(54)69;1-41-19-15-17-21-49(41)63-51-29-27-48(70-61-33-25-45(67(9,10)11)37-55(61)56-38-46(68(12,13)14)26-34-62(56)70)40-58(51)64(50-22-18-16-20-42(50)2)52-30-28-47(39-57(52)63)69-59-31-23-43(65(3,4)5)35-53(59)54-36-44(66(6,7)8)24-32-60(54)69/h2*15-40H,1-14H3. The predicted octanol–water partition coefficient (Wildman–Crippen LogP) is 38.7. The van der Waals surface area contributed by atoms with Gasteiger partial charge in [0, 0.05) is 65.8 Å². The third-order valence-electron chi connectivity index (χ3n) is 30.6. The molecule has 4 aromatic heterocycles. The zero-order chi connectivity index (χ0) is 98.8. The van der Waals surface area contributed by atoms with Crippen molar-refractivity contribution >= 4 is 130 Å². The molecule has 4 heteroatoms. The molecule has 0 bridgehead atoms. The normalized spacial score (nSPS) is 13.0. The lowest BCUT2D eigenvalue weighted by Gasteiger charge is -2.22. The molecule has 22 rings (SSSR count). The maximum atomic E-state index is 2.52. The summed E-state index contributed by atoms with van der Waals surface area (Å²) in [5, 5.41) is 20.4. The first-order valence-electron chi connectivity index (χ1n) is 50.8. The summed E-state index contributed by atoms with van der Waals surface area (Å²) >= 11 is 0. The minimum atomic E-state index is 0.0235. The smallest absolute Gasteiger partial charge is 0.0541 e. The molecule has 0 unspecified atom stereocenters. The zero-order valence-corrected chi connectivity index (χ0v) is 87.8. The molecule has 0 aliphatic carbocycles. The molecule has 4 heterocycles. The van der Waals surface area contributed by atoms with Crippen LogP contribution in [0.3, 0.4) is 0 Å². The first-order valence-corrected chi connectivity index (χ1v) is 50.8. The van der Waals surface area contributed by atoms with Crippen LogP contribution in [-0.4, -0.2) is 18.3 Å². The molecule has 0 fully saturated rings. The molecule has 4 nitrogen and oxygen atoms in total. The van der Waals surface area contributed by atoms with Crippen molar-refractivity contribution in [3.63, 3.8) is 0 Å². The van der Waals surface area contributed by atoms with E-state index in [9.17, 15) is 0 Å². The number of fused-ring (bicyclic) bond motifs is 16. The first kappa shape index (κ1) is 92.5. The van der Waals surface area contributed by atoms with Crippen LogP contribution >= 0.6 is 0 Å². The van der Waals surface area contributed by atoms with Gasteiger partial charge in [-0.1, -0.05) is 347 Å². The van der Waals surface area contributed by atoms with Crippen LogP contribution < -0.4 is 0 Å². The van der Waals surface area contributed by atoms with Gasteiger partial charge in [-0.05, 0) is 360 Å². The van der Waals surface area contributed by atoms with E-state index in [4.69, 9.17) is 0 Å². The molecule has 140 heavy (non-hydrogen) atoms. The van der Waals surface area contributed by atoms with E-state index in [0.717, 1.165) is 22.7 Å². The highest BCUT2D eigenvalue weighted by Crippen LogP contribution is 2.53.